The molecule has 0 heterocycles. The lowest BCUT2D eigenvalue weighted by Gasteiger charge is -2.23. The molecule has 0 saturated heterocycles. The second kappa shape index (κ2) is 6.26. The number of nitrogens with zero attached hydrogens (tertiary/aromatic N) is 1. The van der Waals surface area contributed by atoms with Crippen molar-refractivity contribution in [1.29, 1.82) is 0 Å². The van der Waals surface area contributed by atoms with Crippen LogP contribution in [0.25, 0.3) is 0 Å². The lowest BCUT2D eigenvalue weighted by molar-refractivity contribution is 0.274. The van der Waals surface area contributed by atoms with E-state index in [4.69, 9.17) is 23.2 Å². The Balaban J connectivity index is 3.53. The number of hydrogen-bond donors (Lipinski definition) is 0. The quantitative estimate of drug-likeness (QED) is 0.468. The van der Waals surface area contributed by atoms with Gasteiger partial charge in [0.05, 0.1) is 5.50 Å². The maximum atomic E-state index is 5.99. The van der Waals surface area contributed by atoms with E-state index < -0.39 is 0 Å². The van der Waals surface area contributed by atoms with E-state index in [-0.39, 0.29) is 5.50 Å². The summed E-state index contributed by atoms with van der Waals surface area (Å²) in [7, 11) is 0. The molecule has 0 radical (unpaired) electrons. The molecule has 0 saturated carbocycles. The van der Waals surface area contributed by atoms with Gasteiger partial charge in [0.25, 0.3) is 0 Å². The molecule has 0 N–H and O–H groups in total. The fraction of sp³-hybridized carbons (Fsp3) is 1.00. The molecular weight excluding hydrogens is 169 g/mol. The normalized spacial score (nSPS) is 14.1. The summed E-state index contributed by atoms with van der Waals surface area (Å²) in [6.07, 6.45) is 0.866. The first-order valence-electron chi connectivity index (χ1n) is 3.70. The molecule has 0 amide bonds. The van der Waals surface area contributed by atoms with E-state index in [9.17, 15) is 0 Å². The van der Waals surface area contributed by atoms with Crippen LogP contribution < -0.4 is 0 Å². The summed E-state index contributed by atoms with van der Waals surface area (Å²) in [5.74, 6) is 0.644. The standard InChI is InChI=1S/C7H15Cl2N/c1-3-10(4-2)7(9)5-6-8/h7H,3-6H2,1-2H3. The molecule has 1 unspecified atom stereocenters. The first kappa shape index (κ1) is 10.5. The Hall–Kier alpha value is 0.540. The highest BCUT2D eigenvalue weighted by molar-refractivity contribution is 6.22. The fourth-order valence-corrected chi connectivity index (χ4v) is 1.60. The molecule has 0 rings (SSSR count). The zero-order valence-corrected chi connectivity index (χ0v) is 8.12. The van der Waals surface area contributed by atoms with Crippen LogP contribution >= 0.6 is 23.2 Å². The van der Waals surface area contributed by atoms with Gasteiger partial charge in [-0.2, -0.15) is 0 Å². The van der Waals surface area contributed by atoms with Crippen LogP contribution in [0.2, 0.25) is 0 Å². The van der Waals surface area contributed by atoms with Crippen LogP contribution in [0.4, 0.5) is 0 Å². The highest BCUT2D eigenvalue weighted by Gasteiger charge is 2.09. The minimum absolute atomic E-state index is 0.118. The van der Waals surface area contributed by atoms with Crippen molar-refractivity contribution in [3.05, 3.63) is 0 Å². The SMILES string of the molecule is CCN(CC)C(Cl)CCCl. The zero-order valence-electron chi connectivity index (χ0n) is 6.61. The molecule has 0 aromatic heterocycles. The molecule has 0 aromatic carbocycles. The van der Waals surface area contributed by atoms with Crippen molar-refractivity contribution in [3.8, 4) is 0 Å². The molecule has 0 fully saturated rings. The molecule has 1 nitrogen and oxygen atoms in total. The van der Waals surface area contributed by atoms with E-state index in [1.54, 1.807) is 0 Å². The van der Waals surface area contributed by atoms with E-state index in [0.29, 0.717) is 5.88 Å². The van der Waals surface area contributed by atoms with E-state index in [1.165, 1.54) is 0 Å². The lowest BCUT2D eigenvalue weighted by atomic mass is 10.4. The minimum Gasteiger partial charge on any atom is -0.288 e. The van der Waals surface area contributed by atoms with Crippen LogP contribution in [0.1, 0.15) is 20.3 Å². The van der Waals surface area contributed by atoms with Crippen molar-refractivity contribution in [3.63, 3.8) is 0 Å². The maximum absolute atomic E-state index is 5.99. The van der Waals surface area contributed by atoms with Crippen molar-refractivity contribution in [2.24, 2.45) is 0 Å². The molecule has 62 valence electrons. The smallest absolute Gasteiger partial charge is 0.0861 e. The molecule has 0 bridgehead atoms. The first-order chi connectivity index (χ1) is 4.76. The van der Waals surface area contributed by atoms with Crippen LogP contribution in [0.5, 0.6) is 0 Å². The molecule has 10 heavy (non-hydrogen) atoms. The number of rotatable bonds is 5. The van der Waals surface area contributed by atoms with Gasteiger partial charge in [0, 0.05) is 5.88 Å². The van der Waals surface area contributed by atoms with Crippen molar-refractivity contribution < 1.29 is 0 Å². The van der Waals surface area contributed by atoms with Gasteiger partial charge in [-0.15, -0.1) is 23.2 Å². The largest absolute Gasteiger partial charge is 0.288 e. The molecular formula is C7H15Cl2N. The van der Waals surface area contributed by atoms with Gasteiger partial charge in [-0.05, 0) is 19.5 Å². The van der Waals surface area contributed by atoms with Crippen molar-refractivity contribution in [2.75, 3.05) is 19.0 Å². The van der Waals surface area contributed by atoms with Gasteiger partial charge in [-0.1, -0.05) is 13.8 Å². The zero-order chi connectivity index (χ0) is 7.98. The molecule has 3 heteroatoms. The lowest BCUT2D eigenvalue weighted by Crippen LogP contribution is -2.31. The van der Waals surface area contributed by atoms with Gasteiger partial charge >= 0.3 is 0 Å². The number of hydrogen-bond acceptors (Lipinski definition) is 1. The molecule has 0 aromatic rings. The van der Waals surface area contributed by atoms with Gasteiger partial charge in [0.2, 0.25) is 0 Å². The van der Waals surface area contributed by atoms with E-state index in [1.807, 2.05) is 0 Å². The Morgan fingerprint density at radius 1 is 1.30 bits per heavy atom. The Morgan fingerprint density at radius 2 is 1.80 bits per heavy atom. The predicted molar refractivity (Wildman–Crippen MR) is 47.9 cm³/mol. The van der Waals surface area contributed by atoms with Crippen molar-refractivity contribution in [1.82, 2.24) is 4.90 Å². The molecule has 0 spiro atoms. The molecule has 0 aliphatic heterocycles. The average molecular weight is 184 g/mol. The van der Waals surface area contributed by atoms with Gasteiger partial charge in [-0.3, -0.25) is 4.90 Å². The highest BCUT2D eigenvalue weighted by atomic mass is 35.5. The highest BCUT2D eigenvalue weighted by Crippen LogP contribution is 2.08. The summed E-state index contributed by atoms with van der Waals surface area (Å²) in [4.78, 5) is 2.18. The first-order valence-corrected chi connectivity index (χ1v) is 4.67. The maximum Gasteiger partial charge on any atom is 0.0861 e. The second-order valence-corrected chi connectivity index (χ2v) is 3.02. The van der Waals surface area contributed by atoms with E-state index in [2.05, 4.69) is 18.7 Å². The monoisotopic (exact) mass is 183 g/mol. The van der Waals surface area contributed by atoms with Crippen LogP contribution in [0.3, 0.4) is 0 Å². The fourth-order valence-electron chi connectivity index (χ4n) is 0.892. The third kappa shape index (κ3) is 3.65. The molecule has 0 aliphatic rings. The summed E-state index contributed by atoms with van der Waals surface area (Å²) in [5.41, 5.74) is 0.118. The number of halogens is 2. The summed E-state index contributed by atoms with van der Waals surface area (Å²) < 4.78 is 0. The van der Waals surface area contributed by atoms with E-state index >= 15 is 0 Å². The van der Waals surface area contributed by atoms with Crippen LogP contribution in [-0.4, -0.2) is 29.4 Å². The third-order valence-electron chi connectivity index (χ3n) is 1.56. The molecule has 0 aliphatic carbocycles. The summed E-state index contributed by atoms with van der Waals surface area (Å²) in [6.45, 7) is 6.21. The van der Waals surface area contributed by atoms with Crippen LogP contribution in [0, 0.1) is 0 Å². The Morgan fingerprint density at radius 3 is 2.10 bits per heavy atom. The second-order valence-electron chi connectivity index (χ2n) is 2.13. The third-order valence-corrected chi connectivity index (χ3v) is 2.27. The summed E-state index contributed by atoms with van der Waals surface area (Å²) in [5, 5.41) is 0. The van der Waals surface area contributed by atoms with Gasteiger partial charge in [0.15, 0.2) is 0 Å². The van der Waals surface area contributed by atoms with Crippen LogP contribution in [-0.2, 0) is 0 Å². The van der Waals surface area contributed by atoms with Gasteiger partial charge in [0.1, 0.15) is 0 Å². The van der Waals surface area contributed by atoms with Crippen LogP contribution in [0.15, 0.2) is 0 Å². The average Bonchev–Trinajstić information content (AvgIpc) is 1.91. The number of alkyl halides is 2. The van der Waals surface area contributed by atoms with Gasteiger partial charge < -0.3 is 0 Å². The Kier molecular flexibility index (Phi) is 6.60. The Labute approximate surface area is 73.3 Å². The van der Waals surface area contributed by atoms with Crippen molar-refractivity contribution in [2.45, 2.75) is 25.8 Å². The van der Waals surface area contributed by atoms with Crippen molar-refractivity contribution >= 4 is 23.2 Å². The minimum atomic E-state index is 0.118. The van der Waals surface area contributed by atoms with E-state index in [0.717, 1.165) is 19.5 Å². The topological polar surface area (TPSA) is 3.24 Å². The summed E-state index contributed by atoms with van der Waals surface area (Å²) in [6, 6.07) is 0. The van der Waals surface area contributed by atoms with Gasteiger partial charge in [-0.25, -0.2) is 0 Å². The predicted octanol–water partition coefficient (Wildman–Crippen LogP) is 2.52. The summed E-state index contributed by atoms with van der Waals surface area (Å²) >= 11 is 11.5. The Bertz CT molecular complexity index is 74.0. The molecule has 1 atom stereocenters.